The standard InChI is InChI=1S/C15H23F2N3/c1-3-6-18-14-12(16)8-13(17)15(20-14)19-9-11-5-4-10(2)7-11/h8,10-11H,3-7,9H2,1-2H3,(H2,18,19,20). The zero-order chi connectivity index (χ0) is 14.5. The Bertz CT molecular complexity index is 451. The smallest absolute Gasteiger partial charge is 0.168 e. The minimum Gasteiger partial charge on any atom is -0.368 e. The number of anilines is 2. The Labute approximate surface area is 119 Å². The molecule has 0 aliphatic heterocycles. The van der Waals surface area contributed by atoms with Crippen LogP contribution >= 0.6 is 0 Å². The van der Waals surface area contributed by atoms with Crippen LogP contribution in [0.15, 0.2) is 6.07 Å². The van der Waals surface area contributed by atoms with Crippen molar-refractivity contribution in [3.63, 3.8) is 0 Å². The van der Waals surface area contributed by atoms with Gasteiger partial charge in [0, 0.05) is 19.2 Å². The van der Waals surface area contributed by atoms with E-state index in [1.165, 1.54) is 6.42 Å². The lowest BCUT2D eigenvalue weighted by molar-refractivity contribution is 0.532. The molecule has 1 aliphatic carbocycles. The molecule has 1 fully saturated rings. The van der Waals surface area contributed by atoms with Crippen molar-refractivity contribution < 1.29 is 8.78 Å². The van der Waals surface area contributed by atoms with Crippen LogP contribution in [0.25, 0.3) is 0 Å². The highest BCUT2D eigenvalue weighted by atomic mass is 19.1. The summed E-state index contributed by atoms with van der Waals surface area (Å²) in [5.74, 6) is 0.296. The number of pyridine rings is 1. The largest absolute Gasteiger partial charge is 0.368 e. The van der Waals surface area contributed by atoms with Gasteiger partial charge in [-0.3, -0.25) is 0 Å². The van der Waals surface area contributed by atoms with Gasteiger partial charge in [0.15, 0.2) is 23.3 Å². The molecule has 1 heterocycles. The van der Waals surface area contributed by atoms with Crippen molar-refractivity contribution in [3.05, 3.63) is 17.7 Å². The molecule has 2 unspecified atom stereocenters. The van der Waals surface area contributed by atoms with Crippen LogP contribution < -0.4 is 10.6 Å². The molecule has 2 N–H and O–H groups in total. The lowest BCUT2D eigenvalue weighted by Crippen LogP contribution is -2.15. The summed E-state index contributed by atoms with van der Waals surface area (Å²) in [6.45, 7) is 5.54. The molecule has 112 valence electrons. The average Bonchev–Trinajstić information content (AvgIpc) is 2.82. The maximum atomic E-state index is 13.7. The van der Waals surface area contributed by atoms with Gasteiger partial charge in [-0.15, -0.1) is 0 Å². The van der Waals surface area contributed by atoms with Crippen LogP contribution in [0.1, 0.15) is 39.5 Å². The number of hydrogen-bond donors (Lipinski definition) is 2. The van der Waals surface area contributed by atoms with E-state index in [1.807, 2.05) is 6.92 Å². The van der Waals surface area contributed by atoms with E-state index in [0.29, 0.717) is 19.0 Å². The lowest BCUT2D eigenvalue weighted by atomic mass is 10.1. The monoisotopic (exact) mass is 283 g/mol. The fourth-order valence-electron chi connectivity index (χ4n) is 2.71. The van der Waals surface area contributed by atoms with Crippen molar-refractivity contribution >= 4 is 11.6 Å². The van der Waals surface area contributed by atoms with Gasteiger partial charge >= 0.3 is 0 Å². The summed E-state index contributed by atoms with van der Waals surface area (Å²) in [5.41, 5.74) is 0. The maximum absolute atomic E-state index is 13.7. The first kappa shape index (κ1) is 15.0. The molecule has 3 nitrogen and oxygen atoms in total. The van der Waals surface area contributed by atoms with Crippen molar-refractivity contribution in [1.82, 2.24) is 4.98 Å². The Balaban J connectivity index is 1.99. The van der Waals surface area contributed by atoms with E-state index in [2.05, 4.69) is 22.5 Å². The second kappa shape index (κ2) is 6.86. The van der Waals surface area contributed by atoms with Crippen molar-refractivity contribution in [2.24, 2.45) is 11.8 Å². The Hall–Kier alpha value is -1.39. The molecular formula is C15H23F2N3. The summed E-state index contributed by atoms with van der Waals surface area (Å²) >= 11 is 0. The van der Waals surface area contributed by atoms with Gasteiger partial charge in [-0.25, -0.2) is 13.8 Å². The molecule has 1 aliphatic rings. The van der Waals surface area contributed by atoms with Crippen LogP contribution in [0.5, 0.6) is 0 Å². The molecule has 20 heavy (non-hydrogen) atoms. The minimum atomic E-state index is -0.643. The molecule has 1 aromatic heterocycles. The van der Waals surface area contributed by atoms with Gasteiger partial charge in [-0.1, -0.05) is 20.3 Å². The first-order chi connectivity index (χ1) is 9.60. The molecule has 2 atom stereocenters. The zero-order valence-electron chi connectivity index (χ0n) is 12.2. The molecule has 0 saturated heterocycles. The van der Waals surface area contributed by atoms with Gasteiger partial charge < -0.3 is 10.6 Å². The predicted molar refractivity (Wildman–Crippen MR) is 77.9 cm³/mol. The topological polar surface area (TPSA) is 37.0 Å². The SMILES string of the molecule is CCCNc1nc(NCC2CCC(C)C2)c(F)cc1F. The fraction of sp³-hybridized carbons (Fsp3) is 0.667. The first-order valence-electron chi connectivity index (χ1n) is 7.44. The quantitative estimate of drug-likeness (QED) is 0.827. The van der Waals surface area contributed by atoms with Gasteiger partial charge in [0.25, 0.3) is 0 Å². The Morgan fingerprint density at radius 3 is 2.50 bits per heavy atom. The number of nitrogens with zero attached hydrogens (tertiary/aromatic N) is 1. The van der Waals surface area contributed by atoms with Crippen LogP contribution in [0, 0.1) is 23.5 Å². The molecule has 0 bridgehead atoms. The molecular weight excluding hydrogens is 260 g/mol. The molecule has 0 radical (unpaired) electrons. The summed E-state index contributed by atoms with van der Waals surface area (Å²) in [7, 11) is 0. The summed E-state index contributed by atoms with van der Waals surface area (Å²) in [5, 5.41) is 5.90. The summed E-state index contributed by atoms with van der Waals surface area (Å²) in [6, 6.07) is 0.893. The number of rotatable bonds is 6. The summed E-state index contributed by atoms with van der Waals surface area (Å²) in [4.78, 5) is 4.02. The van der Waals surface area contributed by atoms with E-state index in [0.717, 1.165) is 31.2 Å². The second-order valence-corrected chi connectivity index (χ2v) is 5.74. The third kappa shape index (κ3) is 3.81. The van der Waals surface area contributed by atoms with Crippen LogP contribution in [-0.4, -0.2) is 18.1 Å². The van der Waals surface area contributed by atoms with Gasteiger partial charge in [-0.2, -0.15) is 0 Å². The predicted octanol–water partition coefficient (Wildman–Crippen LogP) is 4.03. The average molecular weight is 283 g/mol. The first-order valence-corrected chi connectivity index (χ1v) is 7.44. The number of hydrogen-bond acceptors (Lipinski definition) is 3. The van der Waals surface area contributed by atoms with Crippen molar-refractivity contribution in [2.75, 3.05) is 23.7 Å². The Morgan fingerprint density at radius 2 is 1.90 bits per heavy atom. The molecule has 1 saturated carbocycles. The van der Waals surface area contributed by atoms with E-state index in [4.69, 9.17) is 0 Å². The molecule has 0 aromatic carbocycles. The summed E-state index contributed by atoms with van der Waals surface area (Å²) in [6.07, 6.45) is 4.42. The van der Waals surface area contributed by atoms with Gasteiger partial charge in [0.05, 0.1) is 0 Å². The Morgan fingerprint density at radius 1 is 1.20 bits per heavy atom. The second-order valence-electron chi connectivity index (χ2n) is 5.74. The van der Waals surface area contributed by atoms with Crippen LogP contribution in [0.3, 0.4) is 0 Å². The van der Waals surface area contributed by atoms with Gasteiger partial charge in [0.1, 0.15) is 0 Å². The zero-order valence-corrected chi connectivity index (χ0v) is 12.2. The normalized spacial score (nSPS) is 22.0. The number of aromatic nitrogens is 1. The highest BCUT2D eigenvalue weighted by Gasteiger charge is 2.21. The van der Waals surface area contributed by atoms with E-state index in [1.54, 1.807) is 0 Å². The van der Waals surface area contributed by atoms with Crippen molar-refractivity contribution in [1.29, 1.82) is 0 Å². The third-order valence-electron chi connectivity index (χ3n) is 3.83. The highest BCUT2D eigenvalue weighted by molar-refractivity contribution is 5.47. The lowest BCUT2D eigenvalue weighted by Gasteiger charge is -2.14. The fourth-order valence-corrected chi connectivity index (χ4v) is 2.71. The Kier molecular flexibility index (Phi) is 5.15. The number of nitrogens with one attached hydrogen (secondary N) is 2. The molecule has 0 spiro atoms. The third-order valence-corrected chi connectivity index (χ3v) is 3.83. The molecule has 2 rings (SSSR count). The summed E-state index contributed by atoms with van der Waals surface area (Å²) < 4.78 is 27.3. The van der Waals surface area contributed by atoms with Crippen LogP contribution in [-0.2, 0) is 0 Å². The van der Waals surface area contributed by atoms with Crippen LogP contribution in [0.2, 0.25) is 0 Å². The molecule has 5 heteroatoms. The molecule has 1 aromatic rings. The van der Waals surface area contributed by atoms with E-state index in [-0.39, 0.29) is 11.6 Å². The van der Waals surface area contributed by atoms with Crippen LogP contribution in [0.4, 0.5) is 20.4 Å². The van der Waals surface area contributed by atoms with E-state index < -0.39 is 11.6 Å². The van der Waals surface area contributed by atoms with Gasteiger partial charge in [-0.05, 0) is 31.1 Å². The van der Waals surface area contributed by atoms with E-state index in [9.17, 15) is 8.78 Å². The maximum Gasteiger partial charge on any atom is 0.168 e. The van der Waals surface area contributed by atoms with Crippen molar-refractivity contribution in [3.8, 4) is 0 Å². The van der Waals surface area contributed by atoms with Gasteiger partial charge in [0.2, 0.25) is 0 Å². The minimum absolute atomic E-state index is 0.121. The highest BCUT2D eigenvalue weighted by Crippen LogP contribution is 2.30. The van der Waals surface area contributed by atoms with Crippen molar-refractivity contribution in [2.45, 2.75) is 39.5 Å². The molecule has 0 amide bonds. The number of halogens is 2. The van der Waals surface area contributed by atoms with E-state index >= 15 is 0 Å².